The average Bonchev–Trinajstić information content (AvgIpc) is 3.80. The predicted octanol–water partition coefficient (Wildman–Crippen LogP) is 3.32. The van der Waals surface area contributed by atoms with Gasteiger partial charge in [-0.25, -0.2) is 23.1 Å². The second-order valence-corrected chi connectivity index (χ2v) is 10.4. The first-order valence-corrected chi connectivity index (χ1v) is 12.4. The SMILES string of the molecule is O=C1N(CC(F)(F)C(F)F)c2cc([C@H]3C[C@@H]3c3cc(-c4c[nH]c(=O)[nH]c4=O)nn4ccnc34)ccc2C12CC2. The Morgan fingerprint density at radius 1 is 1.13 bits per heavy atom. The molecule has 9 nitrogen and oxygen atoms in total. The molecule has 200 valence electrons. The quantitative estimate of drug-likeness (QED) is 0.364. The minimum Gasteiger partial charge on any atom is -0.313 e. The molecule has 0 radical (unpaired) electrons. The molecule has 2 aliphatic carbocycles. The number of hydrogen-bond acceptors (Lipinski definition) is 5. The van der Waals surface area contributed by atoms with Crippen molar-refractivity contribution in [3.05, 3.63) is 80.4 Å². The third-order valence-electron chi connectivity index (χ3n) is 8.02. The topological polar surface area (TPSA) is 116 Å². The molecule has 1 spiro atoms. The van der Waals surface area contributed by atoms with Gasteiger partial charge in [0.15, 0.2) is 5.65 Å². The molecule has 1 aromatic carbocycles. The summed E-state index contributed by atoms with van der Waals surface area (Å²) in [6.45, 7) is -1.37. The lowest BCUT2D eigenvalue weighted by molar-refractivity contribution is -0.131. The summed E-state index contributed by atoms with van der Waals surface area (Å²) in [5.74, 6) is -4.99. The number of benzene rings is 1. The molecular formula is C26H20F4N6O3. The van der Waals surface area contributed by atoms with Gasteiger partial charge in [-0.05, 0) is 54.4 Å². The van der Waals surface area contributed by atoms with Gasteiger partial charge < -0.3 is 9.88 Å². The van der Waals surface area contributed by atoms with Crippen LogP contribution in [0.4, 0.5) is 23.2 Å². The van der Waals surface area contributed by atoms with E-state index < -0.39 is 41.5 Å². The zero-order valence-corrected chi connectivity index (χ0v) is 20.1. The van der Waals surface area contributed by atoms with Gasteiger partial charge >= 0.3 is 18.0 Å². The Balaban J connectivity index is 1.25. The van der Waals surface area contributed by atoms with Crippen LogP contribution in [0.3, 0.4) is 0 Å². The molecule has 0 bridgehead atoms. The molecule has 4 heterocycles. The van der Waals surface area contributed by atoms with Crippen molar-refractivity contribution in [1.29, 1.82) is 0 Å². The highest BCUT2D eigenvalue weighted by atomic mass is 19.3. The Bertz CT molecular complexity index is 1790. The van der Waals surface area contributed by atoms with Crippen LogP contribution < -0.4 is 16.1 Å². The minimum absolute atomic E-state index is 0.0526. The van der Waals surface area contributed by atoms with Gasteiger partial charge in [0.05, 0.1) is 23.2 Å². The number of H-pyrrole nitrogens is 2. The van der Waals surface area contributed by atoms with Crippen LogP contribution in [0.15, 0.2) is 52.4 Å². The zero-order chi connectivity index (χ0) is 27.3. The average molecular weight is 540 g/mol. The highest BCUT2D eigenvalue weighted by Crippen LogP contribution is 2.60. The summed E-state index contributed by atoms with van der Waals surface area (Å²) in [6.07, 6.45) is 2.30. The monoisotopic (exact) mass is 540 g/mol. The highest BCUT2D eigenvalue weighted by Gasteiger charge is 2.61. The highest BCUT2D eigenvalue weighted by molar-refractivity contribution is 6.10. The van der Waals surface area contributed by atoms with Crippen molar-refractivity contribution in [2.75, 3.05) is 11.4 Å². The molecule has 1 amide bonds. The smallest absolute Gasteiger partial charge is 0.313 e. The van der Waals surface area contributed by atoms with E-state index in [2.05, 4.69) is 20.1 Å². The Morgan fingerprint density at radius 3 is 2.64 bits per heavy atom. The molecule has 7 rings (SSSR count). The second kappa shape index (κ2) is 7.87. The van der Waals surface area contributed by atoms with E-state index in [9.17, 15) is 31.9 Å². The van der Waals surface area contributed by atoms with Crippen LogP contribution in [0.5, 0.6) is 0 Å². The van der Waals surface area contributed by atoms with Crippen LogP contribution >= 0.6 is 0 Å². The van der Waals surface area contributed by atoms with E-state index in [1.165, 1.54) is 10.7 Å². The Kier molecular flexibility index (Phi) is 4.80. The predicted molar refractivity (Wildman–Crippen MR) is 130 cm³/mol. The molecule has 2 saturated carbocycles. The summed E-state index contributed by atoms with van der Waals surface area (Å²) >= 11 is 0. The fraction of sp³-hybridized carbons (Fsp3) is 0.346. The number of nitrogens with zero attached hydrogens (tertiary/aromatic N) is 4. The Labute approximate surface area is 216 Å². The van der Waals surface area contributed by atoms with Crippen molar-refractivity contribution in [2.45, 2.75) is 48.9 Å². The number of carbonyl (C=O) groups is 1. The minimum atomic E-state index is -4.33. The van der Waals surface area contributed by atoms with Crippen molar-refractivity contribution in [2.24, 2.45) is 0 Å². The number of alkyl halides is 4. The summed E-state index contributed by atoms with van der Waals surface area (Å²) < 4.78 is 55.6. The molecule has 2 N–H and O–H groups in total. The molecular weight excluding hydrogens is 520 g/mol. The molecule has 3 aliphatic rings. The lowest BCUT2D eigenvalue weighted by Crippen LogP contribution is -2.44. The number of amides is 1. The maximum Gasteiger partial charge on any atom is 0.325 e. The molecule has 13 heteroatoms. The zero-order valence-electron chi connectivity index (χ0n) is 20.1. The van der Waals surface area contributed by atoms with Gasteiger partial charge in [0.1, 0.15) is 0 Å². The number of aromatic nitrogens is 5. The maximum atomic E-state index is 14.0. The lowest BCUT2D eigenvalue weighted by atomic mass is 9.95. The van der Waals surface area contributed by atoms with Crippen LogP contribution in [0.2, 0.25) is 0 Å². The standard InChI is InChI=1S/C26H20F4N6O3/c27-22(28)26(29,30)11-35-19-7-12(1-2-17(19)25(3-4-25)23(35)38)13-8-14(13)15-9-18(34-36-6-5-31-20(15)36)16-10-32-24(39)33-21(16)37/h1-2,5-7,9-10,13-14,22H,3-4,8,11H2,(H2,32,33,37,39)/t13-,14+/m1/s1. The van der Waals surface area contributed by atoms with E-state index in [4.69, 9.17) is 0 Å². The number of fused-ring (bicyclic) bond motifs is 3. The number of aromatic amines is 2. The summed E-state index contributed by atoms with van der Waals surface area (Å²) in [5.41, 5.74) is 1.43. The van der Waals surface area contributed by atoms with Gasteiger partial charge in [-0.1, -0.05) is 12.1 Å². The van der Waals surface area contributed by atoms with Gasteiger partial charge in [0, 0.05) is 29.8 Å². The summed E-state index contributed by atoms with van der Waals surface area (Å²) in [7, 11) is 0. The molecule has 1 aliphatic heterocycles. The van der Waals surface area contributed by atoms with Gasteiger partial charge in [0.2, 0.25) is 5.91 Å². The van der Waals surface area contributed by atoms with Crippen LogP contribution in [0.1, 0.15) is 47.8 Å². The van der Waals surface area contributed by atoms with E-state index in [0.29, 0.717) is 36.2 Å². The summed E-state index contributed by atoms with van der Waals surface area (Å²) in [5, 5.41) is 4.44. The van der Waals surface area contributed by atoms with Crippen LogP contribution in [0, 0.1) is 0 Å². The molecule has 2 fully saturated rings. The third kappa shape index (κ3) is 3.55. The van der Waals surface area contributed by atoms with Gasteiger partial charge in [-0.15, -0.1) is 0 Å². The number of anilines is 1. The van der Waals surface area contributed by atoms with E-state index in [-0.39, 0.29) is 23.1 Å². The van der Waals surface area contributed by atoms with Crippen LogP contribution in [-0.4, -0.2) is 49.4 Å². The van der Waals surface area contributed by atoms with Crippen molar-refractivity contribution < 1.29 is 22.4 Å². The lowest BCUT2D eigenvalue weighted by Gasteiger charge is -2.24. The molecule has 3 aromatic heterocycles. The third-order valence-corrected chi connectivity index (χ3v) is 8.02. The van der Waals surface area contributed by atoms with Crippen LogP contribution in [0.25, 0.3) is 16.9 Å². The van der Waals surface area contributed by atoms with Gasteiger partial charge in [0.25, 0.3) is 5.56 Å². The van der Waals surface area contributed by atoms with E-state index in [1.54, 1.807) is 30.6 Å². The number of carbonyl (C=O) groups excluding carboxylic acids is 1. The number of halogens is 4. The number of imidazole rings is 1. The molecule has 0 saturated heterocycles. The molecule has 39 heavy (non-hydrogen) atoms. The van der Waals surface area contributed by atoms with Crippen molar-refractivity contribution in [1.82, 2.24) is 24.6 Å². The summed E-state index contributed by atoms with van der Waals surface area (Å²) in [4.78, 5) is 46.7. The fourth-order valence-corrected chi connectivity index (χ4v) is 5.79. The van der Waals surface area contributed by atoms with E-state index in [1.807, 2.05) is 6.07 Å². The van der Waals surface area contributed by atoms with Gasteiger partial charge in [-0.2, -0.15) is 13.9 Å². The first-order chi connectivity index (χ1) is 18.6. The fourth-order valence-electron chi connectivity index (χ4n) is 5.79. The normalized spacial score (nSPS) is 21.3. The Morgan fingerprint density at radius 2 is 1.92 bits per heavy atom. The van der Waals surface area contributed by atoms with Crippen molar-refractivity contribution in [3.63, 3.8) is 0 Å². The second-order valence-electron chi connectivity index (χ2n) is 10.4. The first kappa shape index (κ1) is 23.8. The largest absolute Gasteiger partial charge is 0.325 e. The number of hydrogen-bond donors (Lipinski definition) is 2. The first-order valence-electron chi connectivity index (χ1n) is 12.4. The number of nitrogens with one attached hydrogen (secondary N) is 2. The van der Waals surface area contributed by atoms with Crippen molar-refractivity contribution >= 4 is 17.2 Å². The van der Waals surface area contributed by atoms with E-state index >= 15 is 0 Å². The van der Waals surface area contributed by atoms with E-state index in [0.717, 1.165) is 16.0 Å². The van der Waals surface area contributed by atoms with Gasteiger partial charge in [-0.3, -0.25) is 14.6 Å². The van der Waals surface area contributed by atoms with Crippen molar-refractivity contribution in [3.8, 4) is 11.3 Å². The Hall–Kier alpha value is -4.29. The molecule has 4 aromatic rings. The maximum absolute atomic E-state index is 14.0. The molecule has 0 unspecified atom stereocenters. The molecule has 2 atom stereocenters. The summed E-state index contributed by atoms with van der Waals surface area (Å²) in [6, 6.07) is 7.03. The van der Waals surface area contributed by atoms with Crippen LogP contribution in [-0.2, 0) is 10.2 Å². The number of rotatable bonds is 6.